The van der Waals surface area contributed by atoms with Gasteiger partial charge in [0.05, 0.1) is 39.3 Å². The van der Waals surface area contributed by atoms with Crippen LogP contribution in [-0.2, 0) is 34.2 Å². The predicted octanol–water partition coefficient (Wildman–Crippen LogP) is 3.28. The molecule has 2 aromatic heterocycles. The van der Waals surface area contributed by atoms with E-state index in [1.165, 1.54) is 41.9 Å². The molecule has 1 N–H and O–H groups in total. The molecule has 0 saturated carbocycles. The first-order valence-electron chi connectivity index (χ1n) is 10.2. The van der Waals surface area contributed by atoms with E-state index in [-0.39, 0.29) is 23.1 Å². The molecule has 34 heavy (non-hydrogen) atoms. The van der Waals surface area contributed by atoms with Crippen molar-refractivity contribution in [1.29, 1.82) is 0 Å². The highest BCUT2D eigenvalue weighted by Gasteiger charge is 2.28. The summed E-state index contributed by atoms with van der Waals surface area (Å²) in [7, 11) is 3.05. The van der Waals surface area contributed by atoms with Crippen LogP contribution < -0.4 is 10.1 Å². The molecule has 0 unspecified atom stereocenters. The summed E-state index contributed by atoms with van der Waals surface area (Å²) in [6.45, 7) is 0. The fourth-order valence-corrected chi connectivity index (χ4v) is 6.65. The minimum absolute atomic E-state index is 0.00733. The van der Waals surface area contributed by atoms with Gasteiger partial charge in [-0.2, -0.15) is 4.99 Å². The Morgan fingerprint density at radius 2 is 2.06 bits per heavy atom. The van der Waals surface area contributed by atoms with Crippen molar-refractivity contribution < 1.29 is 24.0 Å². The van der Waals surface area contributed by atoms with Gasteiger partial charge in [-0.25, -0.2) is 4.79 Å². The summed E-state index contributed by atoms with van der Waals surface area (Å²) in [6.07, 6.45) is 2.65. The van der Waals surface area contributed by atoms with Gasteiger partial charge in [-0.1, -0.05) is 11.3 Å². The number of thioether (sulfide) groups is 1. The molecular formula is C21H20N4O6S3. The van der Waals surface area contributed by atoms with Crippen molar-refractivity contribution >= 4 is 73.1 Å². The number of thiophene rings is 1. The van der Waals surface area contributed by atoms with E-state index in [1.807, 2.05) is 0 Å². The van der Waals surface area contributed by atoms with Gasteiger partial charge in [0.25, 0.3) is 11.6 Å². The van der Waals surface area contributed by atoms with E-state index in [2.05, 4.69) is 10.3 Å². The largest absolute Gasteiger partial charge is 0.465 e. The second-order valence-corrected chi connectivity index (χ2v) is 10.6. The molecule has 1 aliphatic rings. The molecule has 4 rings (SSSR count). The number of nitrogens with one attached hydrogen (secondary N) is 1. The molecule has 0 radical (unpaired) electrons. The number of hydrogen-bond donors (Lipinski definition) is 1. The number of ether oxygens (including phenoxy) is 1. The monoisotopic (exact) mass is 520 g/mol. The van der Waals surface area contributed by atoms with Crippen molar-refractivity contribution in [3.8, 4) is 0 Å². The Morgan fingerprint density at radius 1 is 1.26 bits per heavy atom. The van der Waals surface area contributed by atoms with Gasteiger partial charge < -0.3 is 14.6 Å². The molecule has 2 amide bonds. The normalized spacial score (nSPS) is 13.2. The smallest absolute Gasteiger partial charge is 0.341 e. The van der Waals surface area contributed by atoms with E-state index in [9.17, 15) is 24.5 Å². The Balaban J connectivity index is 1.38. The molecule has 13 heteroatoms. The first-order valence-corrected chi connectivity index (χ1v) is 13.0. The van der Waals surface area contributed by atoms with E-state index in [0.717, 1.165) is 47.0 Å². The molecule has 2 heterocycles. The number of nitro groups is 1. The number of non-ortho nitro benzene ring substituents is 1. The molecule has 10 nitrogen and oxygen atoms in total. The van der Waals surface area contributed by atoms with E-state index in [1.54, 1.807) is 17.7 Å². The minimum atomic E-state index is -0.471. The molecule has 0 bridgehead atoms. The molecule has 178 valence electrons. The van der Waals surface area contributed by atoms with Crippen LogP contribution in [0.2, 0.25) is 0 Å². The number of benzene rings is 1. The quantitative estimate of drug-likeness (QED) is 0.287. The molecule has 1 aliphatic carbocycles. The third-order valence-electron chi connectivity index (χ3n) is 5.25. The van der Waals surface area contributed by atoms with Gasteiger partial charge in [-0.15, -0.1) is 23.1 Å². The highest BCUT2D eigenvalue weighted by atomic mass is 32.2. The molecule has 0 atom stereocenters. The van der Waals surface area contributed by atoms with Gasteiger partial charge in [0.15, 0.2) is 4.80 Å². The van der Waals surface area contributed by atoms with E-state index in [4.69, 9.17) is 4.74 Å². The summed E-state index contributed by atoms with van der Waals surface area (Å²) in [6, 6.07) is 4.48. The SMILES string of the molecule is COC(=O)c1c(NC(=O)CSCC(=O)N=c2sc3cc([N+](=O)[O-])ccc3n2C)sc2c1CCC2. The lowest BCUT2D eigenvalue weighted by Crippen LogP contribution is -2.18. The first-order chi connectivity index (χ1) is 16.3. The van der Waals surface area contributed by atoms with Crippen LogP contribution in [0.5, 0.6) is 0 Å². The Bertz CT molecular complexity index is 1390. The van der Waals surface area contributed by atoms with E-state index >= 15 is 0 Å². The number of carbonyl (C=O) groups is 3. The third kappa shape index (κ3) is 4.91. The second-order valence-electron chi connectivity index (χ2n) is 7.45. The lowest BCUT2D eigenvalue weighted by molar-refractivity contribution is -0.384. The van der Waals surface area contributed by atoms with Crippen molar-refractivity contribution in [2.45, 2.75) is 19.3 Å². The first kappa shape index (κ1) is 24.1. The Kier molecular flexibility index (Phi) is 7.14. The fraction of sp³-hybridized carbons (Fsp3) is 0.333. The third-order valence-corrected chi connectivity index (χ3v) is 8.47. The van der Waals surface area contributed by atoms with Crippen molar-refractivity contribution in [3.63, 3.8) is 0 Å². The Morgan fingerprint density at radius 3 is 2.79 bits per heavy atom. The van der Waals surface area contributed by atoms with Crippen LogP contribution in [0, 0.1) is 10.1 Å². The summed E-state index contributed by atoms with van der Waals surface area (Å²) in [5, 5.41) is 14.2. The number of aryl methyl sites for hydroxylation is 2. The summed E-state index contributed by atoms with van der Waals surface area (Å²) in [5.41, 5.74) is 2.09. The Hall–Kier alpha value is -3.03. The van der Waals surface area contributed by atoms with E-state index in [0.29, 0.717) is 20.1 Å². The maximum absolute atomic E-state index is 12.4. The zero-order chi connectivity index (χ0) is 24.4. The number of esters is 1. The molecule has 0 saturated heterocycles. The number of fused-ring (bicyclic) bond motifs is 2. The van der Waals surface area contributed by atoms with Gasteiger partial charge in [-0.3, -0.25) is 19.7 Å². The number of anilines is 1. The fourth-order valence-electron chi connectivity index (χ4n) is 3.69. The number of carbonyl (C=O) groups excluding carboxylic acids is 3. The summed E-state index contributed by atoms with van der Waals surface area (Å²) < 4.78 is 7.23. The molecule has 0 spiro atoms. The maximum Gasteiger partial charge on any atom is 0.341 e. The van der Waals surface area contributed by atoms with Gasteiger partial charge >= 0.3 is 5.97 Å². The average Bonchev–Trinajstić information content (AvgIpc) is 3.46. The van der Waals surface area contributed by atoms with Crippen LogP contribution in [0.1, 0.15) is 27.2 Å². The van der Waals surface area contributed by atoms with Crippen molar-refractivity contribution in [2.24, 2.45) is 12.0 Å². The number of nitrogens with zero attached hydrogens (tertiary/aromatic N) is 3. The summed E-state index contributed by atoms with van der Waals surface area (Å²) in [4.78, 5) is 53.1. The van der Waals surface area contributed by atoms with Crippen molar-refractivity contribution in [2.75, 3.05) is 23.9 Å². The average molecular weight is 521 g/mol. The number of nitro benzene ring substituents is 1. The highest BCUT2D eigenvalue weighted by molar-refractivity contribution is 8.00. The van der Waals surface area contributed by atoms with Crippen LogP contribution >= 0.6 is 34.4 Å². The number of methoxy groups -OCH3 is 1. The minimum Gasteiger partial charge on any atom is -0.465 e. The summed E-state index contributed by atoms with van der Waals surface area (Å²) in [5.74, 6) is -1.18. The predicted molar refractivity (Wildman–Crippen MR) is 132 cm³/mol. The molecule has 3 aromatic rings. The lowest BCUT2D eigenvalue weighted by Gasteiger charge is -2.06. The summed E-state index contributed by atoms with van der Waals surface area (Å²) >= 11 is 3.70. The standard InChI is InChI=1S/C21H20N4O6S3/c1-24-13-7-6-11(25(29)30)8-15(13)34-21(24)23-17(27)10-32-9-16(26)22-19-18(20(28)31-2)12-4-3-5-14(12)33-19/h6-8H,3-5,9-10H2,1-2H3,(H,22,26). The Labute approximate surface area is 205 Å². The number of amides is 2. The number of hydrogen-bond acceptors (Lipinski definition) is 9. The van der Waals surface area contributed by atoms with Crippen molar-refractivity contribution in [1.82, 2.24) is 4.57 Å². The number of aromatic nitrogens is 1. The highest BCUT2D eigenvalue weighted by Crippen LogP contribution is 2.39. The van der Waals surface area contributed by atoms with Crippen LogP contribution in [0.4, 0.5) is 10.7 Å². The number of thiazole rings is 1. The van der Waals surface area contributed by atoms with Gasteiger partial charge in [0, 0.05) is 24.1 Å². The van der Waals surface area contributed by atoms with Crippen molar-refractivity contribution in [3.05, 3.63) is 49.1 Å². The second kappa shape index (κ2) is 10.1. The van der Waals surface area contributed by atoms with Crippen LogP contribution in [-0.4, -0.2) is 45.9 Å². The molecule has 1 aromatic carbocycles. The van der Waals surface area contributed by atoms with Crippen LogP contribution in [0.25, 0.3) is 10.2 Å². The molecular weight excluding hydrogens is 500 g/mol. The van der Waals surface area contributed by atoms with Crippen LogP contribution in [0.3, 0.4) is 0 Å². The van der Waals surface area contributed by atoms with Gasteiger partial charge in [0.2, 0.25) is 5.91 Å². The van der Waals surface area contributed by atoms with E-state index < -0.39 is 16.8 Å². The molecule has 0 aliphatic heterocycles. The topological polar surface area (TPSA) is 133 Å². The maximum atomic E-state index is 12.4. The van der Waals surface area contributed by atoms with Gasteiger partial charge in [-0.05, 0) is 30.9 Å². The number of rotatable bonds is 7. The molecule has 0 fully saturated rings. The van der Waals surface area contributed by atoms with Crippen LogP contribution in [0.15, 0.2) is 23.2 Å². The zero-order valence-corrected chi connectivity index (χ0v) is 20.7. The van der Waals surface area contributed by atoms with Gasteiger partial charge in [0.1, 0.15) is 5.00 Å². The lowest BCUT2D eigenvalue weighted by atomic mass is 10.1. The zero-order valence-electron chi connectivity index (χ0n) is 18.3.